The van der Waals surface area contributed by atoms with Gasteiger partial charge in [0.15, 0.2) is 0 Å². The third kappa shape index (κ3) is 3.33. The average Bonchev–Trinajstić information content (AvgIpc) is 2.24. The molecule has 1 N–H and O–H groups in total. The van der Waals surface area contributed by atoms with Crippen LogP contribution in [-0.2, 0) is 10.2 Å². The van der Waals surface area contributed by atoms with Gasteiger partial charge in [-0.3, -0.25) is 0 Å². The summed E-state index contributed by atoms with van der Waals surface area (Å²) in [6, 6.07) is 4.06. The number of aliphatic hydroxyl groups is 1. The Balaban J connectivity index is 3.13. The summed E-state index contributed by atoms with van der Waals surface area (Å²) < 4.78 is 4.98. The predicted octanol–water partition coefficient (Wildman–Crippen LogP) is 2.75. The molecule has 0 heterocycles. The maximum Gasteiger partial charge on any atom is 0.338 e. The van der Waals surface area contributed by atoms with Crippen LogP contribution in [0.15, 0.2) is 12.1 Å². The van der Waals surface area contributed by atoms with Crippen molar-refractivity contribution in [3.05, 3.63) is 34.4 Å². The van der Waals surface area contributed by atoms with Crippen LogP contribution in [0.3, 0.4) is 0 Å². The van der Waals surface area contributed by atoms with E-state index in [4.69, 9.17) is 9.84 Å². The van der Waals surface area contributed by atoms with Crippen LogP contribution >= 0.6 is 0 Å². The number of hydrogen-bond acceptors (Lipinski definition) is 3. The highest BCUT2D eigenvalue weighted by Gasteiger charge is 2.19. The lowest BCUT2D eigenvalue weighted by Gasteiger charge is -2.21. The first-order chi connectivity index (χ1) is 8.27. The molecule has 0 aliphatic rings. The SMILES string of the molecule is Cc1cc(C(C)(C)C)cc(C)c1C(=O)OCCO. The van der Waals surface area contributed by atoms with Crippen LogP contribution in [0.5, 0.6) is 0 Å². The topological polar surface area (TPSA) is 46.5 Å². The molecule has 1 rings (SSSR count). The lowest BCUT2D eigenvalue weighted by atomic mass is 9.84. The number of aliphatic hydroxyl groups excluding tert-OH is 1. The molecule has 100 valence electrons. The average molecular weight is 250 g/mol. The molecular weight excluding hydrogens is 228 g/mol. The van der Waals surface area contributed by atoms with Crippen LogP contribution in [0.2, 0.25) is 0 Å². The molecule has 0 aliphatic carbocycles. The van der Waals surface area contributed by atoms with Crippen LogP contribution in [-0.4, -0.2) is 24.3 Å². The molecular formula is C15H22O3. The van der Waals surface area contributed by atoms with Crippen LogP contribution in [0.25, 0.3) is 0 Å². The van der Waals surface area contributed by atoms with Crippen molar-refractivity contribution in [1.29, 1.82) is 0 Å². The standard InChI is InChI=1S/C15H22O3/c1-10-8-12(15(3,4)5)9-11(2)13(10)14(17)18-7-6-16/h8-9,16H,6-7H2,1-5H3. The zero-order chi connectivity index (χ0) is 13.9. The van der Waals surface area contributed by atoms with Gasteiger partial charge < -0.3 is 9.84 Å². The fraction of sp³-hybridized carbons (Fsp3) is 0.533. The third-order valence-corrected chi connectivity index (χ3v) is 2.93. The van der Waals surface area contributed by atoms with Crippen molar-refractivity contribution in [3.63, 3.8) is 0 Å². The van der Waals surface area contributed by atoms with Crippen molar-refractivity contribution < 1.29 is 14.6 Å². The maximum atomic E-state index is 11.9. The molecule has 18 heavy (non-hydrogen) atoms. The summed E-state index contributed by atoms with van der Waals surface area (Å²) in [5, 5.41) is 8.67. The Kier molecular flexibility index (Phi) is 4.52. The molecule has 0 bridgehead atoms. The molecule has 0 amide bonds. The number of aryl methyl sites for hydroxylation is 2. The summed E-state index contributed by atoms with van der Waals surface area (Å²) in [5.41, 5.74) is 3.71. The van der Waals surface area contributed by atoms with Crippen molar-refractivity contribution in [1.82, 2.24) is 0 Å². The second-order valence-corrected chi connectivity index (χ2v) is 5.59. The zero-order valence-corrected chi connectivity index (χ0v) is 11.8. The second kappa shape index (κ2) is 5.53. The van der Waals surface area contributed by atoms with E-state index in [1.165, 1.54) is 5.56 Å². The second-order valence-electron chi connectivity index (χ2n) is 5.59. The summed E-state index contributed by atoms with van der Waals surface area (Å²) in [7, 11) is 0. The lowest BCUT2D eigenvalue weighted by molar-refractivity contribution is 0.0432. The Morgan fingerprint density at radius 3 is 2.11 bits per heavy atom. The van der Waals surface area contributed by atoms with E-state index in [0.29, 0.717) is 5.56 Å². The molecule has 0 saturated carbocycles. The molecule has 3 nitrogen and oxygen atoms in total. The first-order valence-corrected chi connectivity index (χ1v) is 6.17. The Morgan fingerprint density at radius 2 is 1.72 bits per heavy atom. The molecule has 0 aromatic heterocycles. The Hall–Kier alpha value is -1.35. The highest BCUT2D eigenvalue weighted by Crippen LogP contribution is 2.27. The van der Waals surface area contributed by atoms with E-state index < -0.39 is 0 Å². The summed E-state index contributed by atoms with van der Waals surface area (Å²) in [5.74, 6) is -0.362. The number of esters is 1. The number of ether oxygens (including phenoxy) is 1. The quantitative estimate of drug-likeness (QED) is 0.839. The van der Waals surface area contributed by atoms with Crippen LogP contribution < -0.4 is 0 Å². The molecule has 0 atom stereocenters. The van der Waals surface area contributed by atoms with Gasteiger partial charge in [-0.05, 0) is 36.0 Å². The largest absolute Gasteiger partial charge is 0.460 e. The van der Waals surface area contributed by atoms with Crippen LogP contribution in [0.4, 0.5) is 0 Å². The predicted molar refractivity (Wildman–Crippen MR) is 72.0 cm³/mol. The van der Waals surface area contributed by atoms with Crippen molar-refractivity contribution in [2.75, 3.05) is 13.2 Å². The Morgan fingerprint density at radius 1 is 1.22 bits per heavy atom. The minimum atomic E-state index is -0.362. The smallest absolute Gasteiger partial charge is 0.338 e. The van der Waals surface area contributed by atoms with Gasteiger partial charge in [0.2, 0.25) is 0 Å². The van der Waals surface area contributed by atoms with E-state index in [0.717, 1.165) is 11.1 Å². The molecule has 0 saturated heterocycles. The number of carbonyl (C=O) groups excluding carboxylic acids is 1. The van der Waals surface area contributed by atoms with Gasteiger partial charge in [-0.15, -0.1) is 0 Å². The molecule has 0 spiro atoms. The van der Waals surface area contributed by atoms with Crippen LogP contribution in [0.1, 0.15) is 47.8 Å². The van der Waals surface area contributed by atoms with Gasteiger partial charge in [0.05, 0.1) is 12.2 Å². The molecule has 1 aromatic rings. The number of benzene rings is 1. The van der Waals surface area contributed by atoms with Gasteiger partial charge in [0.25, 0.3) is 0 Å². The lowest BCUT2D eigenvalue weighted by Crippen LogP contribution is -2.16. The zero-order valence-electron chi connectivity index (χ0n) is 11.8. The molecule has 3 heteroatoms. The van der Waals surface area contributed by atoms with Gasteiger partial charge in [0.1, 0.15) is 6.61 Å². The fourth-order valence-corrected chi connectivity index (χ4v) is 1.93. The van der Waals surface area contributed by atoms with Crippen LogP contribution in [0, 0.1) is 13.8 Å². The Bertz CT molecular complexity index is 419. The van der Waals surface area contributed by atoms with Crippen molar-refractivity contribution >= 4 is 5.97 Å². The van der Waals surface area contributed by atoms with E-state index in [2.05, 4.69) is 20.8 Å². The summed E-state index contributed by atoms with van der Waals surface area (Å²) in [6.07, 6.45) is 0. The van der Waals surface area contributed by atoms with Crippen molar-refractivity contribution in [2.24, 2.45) is 0 Å². The monoisotopic (exact) mass is 250 g/mol. The first kappa shape index (κ1) is 14.7. The highest BCUT2D eigenvalue weighted by atomic mass is 16.5. The minimum absolute atomic E-state index is 0.0404. The van der Waals surface area contributed by atoms with Gasteiger partial charge in [-0.2, -0.15) is 0 Å². The van der Waals surface area contributed by atoms with Gasteiger partial charge in [-0.1, -0.05) is 32.9 Å². The van der Waals surface area contributed by atoms with Gasteiger partial charge in [0, 0.05) is 0 Å². The van der Waals surface area contributed by atoms with E-state index in [1.54, 1.807) is 0 Å². The number of rotatable bonds is 3. The van der Waals surface area contributed by atoms with Crippen molar-refractivity contribution in [2.45, 2.75) is 40.0 Å². The maximum absolute atomic E-state index is 11.9. The number of hydrogen-bond donors (Lipinski definition) is 1. The highest BCUT2D eigenvalue weighted by molar-refractivity contribution is 5.92. The molecule has 1 aromatic carbocycles. The summed E-state index contributed by atoms with van der Waals surface area (Å²) >= 11 is 0. The van der Waals surface area contributed by atoms with E-state index in [9.17, 15) is 4.79 Å². The summed E-state index contributed by atoms with van der Waals surface area (Å²) in [4.78, 5) is 11.9. The van der Waals surface area contributed by atoms with Crippen molar-refractivity contribution in [3.8, 4) is 0 Å². The number of carbonyl (C=O) groups is 1. The summed E-state index contributed by atoms with van der Waals surface area (Å²) in [6.45, 7) is 10.2. The molecule has 0 aliphatic heterocycles. The molecule has 0 radical (unpaired) electrons. The first-order valence-electron chi connectivity index (χ1n) is 6.17. The fourth-order valence-electron chi connectivity index (χ4n) is 1.93. The van der Waals surface area contributed by atoms with E-state index in [-0.39, 0.29) is 24.6 Å². The van der Waals surface area contributed by atoms with E-state index >= 15 is 0 Å². The van der Waals surface area contributed by atoms with Gasteiger partial charge in [-0.25, -0.2) is 4.79 Å². The van der Waals surface area contributed by atoms with E-state index in [1.807, 2.05) is 26.0 Å². The van der Waals surface area contributed by atoms with Gasteiger partial charge >= 0.3 is 5.97 Å². The normalized spacial score (nSPS) is 11.4. The Labute approximate surface area is 109 Å². The third-order valence-electron chi connectivity index (χ3n) is 2.93. The minimum Gasteiger partial charge on any atom is -0.460 e. The molecule has 0 fully saturated rings. The molecule has 0 unspecified atom stereocenters.